The molecule has 0 fully saturated rings. The van der Waals surface area contributed by atoms with Gasteiger partial charge in [-0.3, -0.25) is 25.2 Å². The molecule has 0 unspecified atom stereocenters. The first-order valence-electron chi connectivity index (χ1n) is 7.88. The van der Waals surface area contributed by atoms with Gasteiger partial charge in [0.1, 0.15) is 11.5 Å². The predicted molar refractivity (Wildman–Crippen MR) is 96.9 cm³/mol. The summed E-state index contributed by atoms with van der Waals surface area (Å²) in [5.41, 5.74) is 4.77. The van der Waals surface area contributed by atoms with E-state index in [1.165, 1.54) is 7.05 Å². The zero-order valence-corrected chi connectivity index (χ0v) is 15.6. The molecule has 10 heteroatoms. The van der Waals surface area contributed by atoms with Crippen LogP contribution >= 0.6 is 23.2 Å². The van der Waals surface area contributed by atoms with Crippen LogP contribution in [0.5, 0.6) is 5.75 Å². The van der Waals surface area contributed by atoms with Crippen LogP contribution in [0.1, 0.15) is 25.7 Å². The van der Waals surface area contributed by atoms with Crippen LogP contribution in [0, 0.1) is 0 Å². The third kappa shape index (κ3) is 5.89. The number of halogens is 2. The molecule has 1 aliphatic rings. The number of benzene rings is 1. The van der Waals surface area contributed by atoms with E-state index in [2.05, 4.69) is 16.0 Å². The van der Waals surface area contributed by atoms with Gasteiger partial charge in [-0.1, -0.05) is 23.2 Å². The zero-order valence-electron chi connectivity index (χ0n) is 14.1. The average molecular weight is 401 g/mol. The van der Waals surface area contributed by atoms with Crippen molar-refractivity contribution in [2.45, 2.75) is 25.7 Å². The average Bonchev–Trinajstić information content (AvgIpc) is 2.60. The summed E-state index contributed by atoms with van der Waals surface area (Å²) in [7, 11) is 1.47. The van der Waals surface area contributed by atoms with Crippen molar-refractivity contribution in [1.82, 2.24) is 15.9 Å². The van der Waals surface area contributed by atoms with Crippen molar-refractivity contribution in [3.8, 4) is 5.75 Å². The topological polar surface area (TPSA) is 100 Å². The van der Waals surface area contributed by atoms with E-state index in [4.69, 9.17) is 27.9 Å². The van der Waals surface area contributed by atoms with Crippen molar-refractivity contribution >= 4 is 46.6 Å². The van der Waals surface area contributed by atoms with Gasteiger partial charge in [-0.05, 0) is 24.6 Å². The van der Waals surface area contributed by atoms with E-state index in [0.29, 0.717) is 22.2 Å². The molecule has 140 valence electrons. The number of nitrogens with one attached hydrogen (secondary N) is 2. The van der Waals surface area contributed by atoms with Gasteiger partial charge in [0, 0.05) is 31.3 Å². The standard InChI is InChI=1S/C16H18Cl2N4O4/c1-22-15(24)7-5-12(21-22)16(25)20-19-14(23)3-2-8-26-13-6-4-10(17)9-11(13)18/h4,6,9H,2-3,5,7-8H2,1H3,(H,19,23)(H,20,25). The number of hydrogen-bond donors (Lipinski definition) is 2. The number of rotatable bonds is 6. The molecule has 26 heavy (non-hydrogen) atoms. The van der Waals surface area contributed by atoms with E-state index in [0.717, 1.165) is 5.01 Å². The molecule has 0 radical (unpaired) electrons. The van der Waals surface area contributed by atoms with Crippen LogP contribution in [0.4, 0.5) is 0 Å². The van der Waals surface area contributed by atoms with Gasteiger partial charge in [-0.25, -0.2) is 5.01 Å². The van der Waals surface area contributed by atoms with Crippen molar-refractivity contribution in [1.29, 1.82) is 0 Å². The van der Waals surface area contributed by atoms with E-state index in [-0.39, 0.29) is 43.4 Å². The van der Waals surface area contributed by atoms with Crippen LogP contribution in [0.25, 0.3) is 0 Å². The highest BCUT2D eigenvalue weighted by Crippen LogP contribution is 2.27. The quantitative estimate of drug-likeness (QED) is 0.562. The lowest BCUT2D eigenvalue weighted by Gasteiger charge is -2.18. The Bertz CT molecular complexity index is 739. The molecular formula is C16H18Cl2N4O4. The number of hydrazine groups is 1. The minimum absolute atomic E-state index is 0.149. The predicted octanol–water partition coefficient (Wildman–Crippen LogP) is 1.91. The third-order valence-electron chi connectivity index (χ3n) is 3.48. The molecule has 1 aromatic carbocycles. The first-order chi connectivity index (χ1) is 12.4. The first kappa shape index (κ1) is 20.0. The van der Waals surface area contributed by atoms with Gasteiger partial charge in [-0.2, -0.15) is 5.10 Å². The highest BCUT2D eigenvalue weighted by molar-refractivity contribution is 6.39. The molecule has 1 aliphatic heterocycles. The molecule has 3 amide bonds. The summed E-state index contributed by atoms with van der Waals surface area (Å²) >= 11 is 11.8. The van der Waals surface area contributed by atoms with Crippen molar-refractivity contribution in [2.24, 2.45) is 5.10 Å². The van der Waals surface area contributed by atoms with Gasteiger partial charge < -0.3 is 4.74 Å². The van der Waals surface area contributed by atoms with Crippen LogP contribution in [-0.4, -0.2) is 42.1 Å². The van der Waals surface area contributed by atoms with E-state index < -0.39 is 5.91 Å². The second-order valence-corrected chi connectivity index (χ2v) is 6.34. The number of carbonyl (C=O) groups is 3. The Morgan fingerprint density at radius 3 is 2.73 bits per heavy atom. The Hall–Kier alpha value is -2.32. The van der Waals surface area contributed by atoms with Gasteiger partial charge in [0.25, 0.3) is 5.91 Å². The van der Waals surface area contributed by atoms with E-state index in [1.807, 2.05) is 0 Å². The number of nitrogens with zero attached hydrogens (tertiary/aromatic N) is 2. The molecular weight excluding hydrogens is 383 g/mol. The van der Waals surface area contributed by atoms with E-state index >= 15 is 0 Å². The van der Waals surface area contributed by atoms with Crippen LogP contribution in [0.15, 0.2) is 23.3 Å². The number of hydrogen-bond acceptors (Lipinski definition) is 5. The lowest BCUT2D eigenvalue weighted by Crippen LogP contribution is -2.46. The monoisotopic (exact) mass is 400 g/mol. The molecule has 0 bridgehead atoms. The summed E-state index contributed by atoms with van der Waals surface area (Å²) in [5.74, 6) is -0.586. The molecule has 0 saturated heterocycles. The summed E-state index contributed by atoms with van der Waals surface area (Å²) in [5, 5.41) is 5.87. The molecule has 1 aromatic rings. The normalized spacial score (nSPS) is 13.9. The van der Waals surface area contributed by atoms with Crippen LogP contribution in [-0.2, 0) is 14.4 Å². The molecule has 0 aliphatic carbocycles. The number of ether oxygens (including phenoxy) is 1. The van der Waals surface area contributed by atoms with Crippen molar-refractivity contribution in [3.63, 3.8) is 0 Å². The molecule has 2 N–H and O–H groups in total. The SMILES string of the molecule is CN1N=C(C(=O)NNC(=O)CCCOc2ccc(Cl)cc2Cl)CCC1=O. The zero-order chi connectivity index (χ0) is 19.1. The highest BCUT2D eigenvalue weighted by Gasteiger charge is 2.22. The van der Waals surface area contributed by atoms with Gasteiger partial charge in [0.2, 0.25) is 11.8 Å². The fraction of sp³-hybridized carbons (Fsp3) is 0.375. The fourth-order valence-corrected chi connectivity index (χ4v) is 2.56. The summed E-state index contributed by atoms with van der Waals surface area (Å²) in [6, 6.07) is 4.88. The van der Waals surface area contributed by atoms with Crippen molar-refractivity contribution in [3.05, 3.63) is 28.2 Å². The Balaban J connectivity index is 1.67. The maximum absolute atomic E-state index is 11.9. The molecule has 1 heterocycles. The lowest BCUT2D eigenvalue weighted by molar-refractivity contribution is -0.130. The molecule has 0 spiro atoms. The number of carbonyl (C=O) groups excluding carboxylic acids is 3. The van der Waals surface area contributed by atoms with Gasteiger partial charge in [0.05, 0.1) is 11.6 Å². The second kappa shape index (κ2) is 9.40. The number of amides is 3. The maximum Gasteiger partial charge on any atom is 0.285 e. The fourth-order valence-electron chi connectivity index (χ4n) is 2.10. The van der Waals surface area contributed by atoms with Crippen LogP contribution < -0.4 is 15.6 Å². The summed E-state index contributed by atoms with van der Waals surface area (Å²) in [4.78, 5) is 34.9. The van der Waals surface area contributed by atoms with Crippen LogP contribution in [0.2, 0.25) is 10.0 Å². The van der Waals surface area contributed by atoms with E-state index in [9.17, 15) is 14.4 Å². The number of hydrazone groups is 1. The largest absolute Gasteiger partial charge is 0.492 e. The lowest BCUT2D eigenvalue weighted by atomic mass is 10.1. The van der Waals surface area contributed by atoms with Gasteiger partial charge in [0.15, 0.2) is 0 Å². The van der Waals surface area contributed by atoms with E-state index in [1.54, 1.807) is 18.2 Å². The molecule has 0 aromatic heterocycles. The Labute approximate surface area is 160 Å². The van der Waals surface area contributed by atoms with Crippen LogP contribution in [0.3, 0.4) is 0 Å². The summed E-state index contributed by atoms with van der Waals surface area (Å²) < 4.78 is 5.47. The maximum atomic E-state index is 11.9. The molecule has 8 nitrogen and oxygen atoms in total. The summed E-state index contributed by atoms with van der Waals surface area (Å²) in [6.45, 7) is 0.280. The molecule has 2 rings (SSSR count). The van der Waals surface area contributed by atoms with Gasteiger partial charge >= 0.3 is 0 Å². The van der Waals surface area contributed by atoms with Crippen molar-refractivity contribution < 1.29 is 19.1 Å². The van der Waals surface area contributed by atoms with Gasteiger partial charge in [-0.15, -0.1) is 0 Å². The Morgan fingerprint density at radius 2 is 2.04 bits per heavy atom. The molecule has 0 saturated carbocycles. The highest BCUT2D eigenvalue weighted by atomic mass is 35.5. The summed E-state index contributed by atoms with van der Waals surface area (Å²) in [6.07, 6.45) is 1.02. The minimum atomic E-state index is -0.540. The minimum Gasteiger partial charge on any atom is -0.492 e. The van der Waals surface area contributed by atoms with Crippen molar-refractivity contribution in [2.75, 3.05) is 13.7 Å². The first-order valence-corrected chi connectivity index (χ1v) is 8.63. The third-order valence-corrected chi connectivity index (χ3v) is 4.02. The Kier molecular flexibility index (Phi) is 7.23. The smallest absolute Gasteiger partial charge is 0.285 e. The Morgan fingerprint density at radius 1 is 1.27 bits per heavy atom. The molecule has 0 atom stereocenters. The second-order valence-electron chi connectivity index (χ2n) is 5.49.